The third-order valence-corrected chi connectivity index (χ3v) is 6.30. The summed E-state index contributed by atoms with van der Waals surface area (Å²) < 4.78 is 32.8. The van der Waals surface area contributed by atoms with Gasteiger partial charge in [-0.25, -0.2) is 8.42 Å². The highest BCUT2D eigenvalue weighted by Gasteiger charge is 2.24. The zero-order valence-electron chi connectivity index (χ0n) is 17.3. The van der Waals surface area contributed by atoms with Crippen molar-refractivity contribution in [2.45, 2.75) is 32.8 Å². The maximum atomic E-state index is 11.6. The number of sulfonamides is 1. The monoisotopic (exact) mass is 452 g/mol. The van der Waals surface area contributed by atoms with Gasteiger partial charge in [-0.05, 0) is 50.5 Å². The van der Waals surface area contributed by atoms with Gasteiger partial charge in [-0.15, -0.1) is 10.2 Å². The molecule has 0 spiro atoms. The molecule has 4 rings (SSSR count). The van der Waals surface area contributed by atoms with E-state index in [0.717, 1.165) is 33.5 Å². The third kappa shape index (κ3) is 4.50. The van der Waals surface area contributed by atoms with Gasteiger partial charge in [0.1, 0.15) is 21.8 Å². The van der Waals surface area contributed by atoms with Crippen molar-refractivity contribution in [2.75, 3.05) is 6.26 Å². The Labute approximate surface area is 185 Å². The summed E-state index contributed by atoms with van der Waals surface area (Å²) in [6, 6.07) is 13.3. The van der Waals surface area contributed by atoms with Gasteiger partial charge in [0.15, 0.2) is 0 Å². The molecule has 0 saturated carbocycles. The van der Waals surface area contributed by atoms with Gasteiger partial charge < -0.3 is 4.74 Å². The normalized spacial score (nSPS) is 14.6. The molecule has 0 N–H and O–H groups in total. The number of hydrogen-bond donors (Lipinski definition) is 0. The van der Waals surface area contributed by atoms with Crippen molar-refractivity contribution in [2.24, 2.45) is 4.40 Å². The molecule has 0 radical (unpaired) electrons. The number of ether oxygens (including phenoxy) is 1. The molecule has 0 amide bonds. The molecule has 158 valence electrons. The minimum Gasteiger partial charge on any atom is -0.490 e. The Balaban J connectivity index is 1.70. The van der Waals surface area contributed by atoms with E-state index in [0.29, 0.717) is 34.9 Å². The quantitative estimate of drug-likeness (QED) is 0.574. The van der Waals surface area contributed by atoms with Gasteiger partial charge in [-0.2, -0.15) is 9.66 Å². The van der Waals surface area contributed by atoms with Crippen LogP contribution in [-0.2, 0) is 16.4 Å². The molecule has 0 unspecified atom stereocenters. The summed E-state index contributed by atoms with van der Waals surface area (Å²) in [5.41, 5.74) is 4.64. The number of nitriles is 1. The van der Waals surface area contributed by atoms with Gasteiger partial charge >= 0.3 is 0 Å². The van der Waals surface area contributed by atoms with Gasteiger partial charge in [0, 0.05) is 16.7 Å². The van der Waals surface area contributed by atoms with E-state index >= 15 is 0 Å². The zero-order valence-corrected chi connectivity index (χ0v) is 18.9. The number of aromatic nitrogens is 2. The predicted molar refractivity (Wildman–Crippen MR) is 121 cm³/mol. The lowest BCUT2D eigenvalue weighted by Crippen LogP contribution is -2.06. The molecule has 9 heteroatoms. The van der Waals surface area contributed by atoms with E-state index in [1.165, 1.54) is 11.3 Å². The number of benzene rings is 2. The van der Waals surface area contributed by atoms with Crippen LogP contribution in [0.5, 0.6) is 5.75 Å². The van der Waals surface area contributed by atoms with Crippen molar-refractivity contribution in [3.8, 4) is 33.0 Å². The van der Waals surface area contributed by atoms with Gasteiger partial charge in [0.2, 0.25) is 10.0 Å². The van der Waals surface area contributed by atoms with Crippen LogP contribution < -0.4 is 4.74 Å². The van der Waals surface area contributed by atoms with Crippen molar-refractivity contribution < 1.29 is 13.2 Å². The topological polar surface area (TPSA) is 105 Å². The Hall–Kier alpha value is -3.09. The van der Waals surface area contributed by atoms with E-state index in [1.54, 1.807) is 12.1 Å². The van der Waals surface area contributed by atoms with Crippen LogP contribution in [0.4, 0.5) is 0 Å². The van der Waals surface area contributed by atoms with E-state index in [-0.39, 0.29) is 6.10 Å². The minimum absolute atomic E-state index is 0.0256. The van der Waals surface area contributed by atoms with Crippen LogP contribution >= 0.6 is 11.3 Å². The van der Waals surface area contributed by atoms with Crippen LogP contribution in [0.15, 0.2) is 40.8 Å². The molecule has 0 aliphatic heterocycles. The van der Waals surface area contributed by atoms with Crippen LogP contribution in [0.25, 0.3) is 21.1 Å². The van der Waals surface area contributed by atoms with Crippen LogP contribution in [0.2, 0.25) is 0 Å². The Bertz CT molecular complexity index is 1340. The third-order valence-electron chi connectivity index (χ3n) is 4.74. The average molecular weight is 453 g/mol. The molecule has 7 nitrogen and oxygen atoms in total. The molecule has 0 atom stereocenters. The van der Waals surface area contributed by atoms with Crippen molar-refractivity contribution in [3.05, 3.63) is 53.1 Å². The lowest BCUT2D eigenvalue weighted by Gasteiger charge is -2.11. The lowest BCUT2D eigenvalue weighted by molar-refractivity contribution is 0.242. The summed E-state index contributed by atoms with van der Waals surface area (Å²) >= 11 is 1.43. The van der Waals surface area contributed by atoms with Crippen molar-refractivity contribution in [1.29, 1.82) is 5.26 Å². The number of fused-ring (bicyclic) bond motifs is 1. The maximum Gasteiger partial charge on any atom is 0.250 e. The fourth-order valence-electron chi connectivity index (χ4n) is 3.56. The lowest BCUT2D eigenvalue weighted by atomic mass is 10.0. The zero-order chi connectivity index (χ0) is 22.2. The number of rotatable bonds is 5. The Morgan fingerprint density at radius 2 is 1.87 bits per heavy atom. The summed E-state index contributed by atoms with van der Waals surface area (Å²) in [5, 5.41) is 19.6. The first-order chi connectivity index (χ1) is 14.7. The first kappa shape index (κ1) is 21.2. The molecule has 0 saturated heterocycles. The summed E-state index contributed by atoms with van der Waals surface area (Å²) in [5.74, 6) is 0.546. The first-order valence-electron chi connectivity index (χ1n) is 9.71. The van der Waals surface area contributed by atoms with E-state index in [1.807, 2.05) is 38.1 Å². The SMILES string of the molecule is CC(C)Oc1ccc(-c2nnc(-c3cccc4c3CC/C4=N/S(C)(=O)=O)s2)cc1C#N. The highest BCUT2D eigenvalue weighted by atomic mass is 32.2. The summed E-state index contributed by atoms with van der Waals surface area (Å²) in [7, 11) is -3.45. The van der Waals surface area contributed by atoms with Crippen molar-refractivity contribution in [1.82, 2.24) is 10.2 Å². The van der Waals surface area contributed by atoms with Gasteiger partial charge in [0.05, 0.1) is 23.6 Å². The van der Waals surface area contributed by atoms with E-state index < -0.39 is 10.0 Å². The summed E-state index contributed by atoms with van der Waals surface area (Å²) in [4.78, 5) is 0. The maximum absolute atomic E-state index is 11.6. The molecular weight excluding hydrogens is 432 g/mol. The van der Waals surface area contributed by atoms with Crippen LogP contribution in [0.3, 0.4) is 0 Å². The van der Waals surface area contributed by atoms with Gasteiger partial charge in [0.25, 0.3) is 0 Å². The second kappa shape index (κ2) is 8.21. The van der Waals surface area contributed by atoms with Crippen molar-refractivity contribution >= 4 is 27.1 Å². The number of hydrogen-bond acceptors (Lipinski definition) is 7. The highest BCUT2D eigenvalue weighted by molar-refractivity contribution is 7.89. The fourth-order valence-corrected chi connectivity index (χ4v) is 5.04. The van der Waals surface area contributed by atoms with Crippen LogP contribution in [0.1, 0.15) is 37.0 Å². The van der Waals surface area contributed by atoms with E-state index in [9.17, 15) is 13.7 Å². The minimum atomic E-state index is -3.45. The van der Waals surface area contributed by atoms with Gasteiger partial charge in [-0.1, -0.05) is 29.5 Å². The standard InChI is InChI=1S/C22H20N4O3S2/c1-13(2)29-20-10-7-14(11-15(20)12-23)21-24-25-22(30-21)18-6-4-5-17-16(18)8-9-19(17)26-31(3,27)28/h4-7,10-11,13H,8-9H2,1-3H3/b26-19-. The molecule has 0 bridgehead atoms. The molecule has 3 aromatic rings. The van der Waals surface area contributed by atoms with Gasteiger partial charge in [-0.3, -0.25) is 0 Å². The Morgan fingerprint density at radius 3 is 2.58 bits per heavy atom. The molecule has 1 aromatic heterocycles. The molecule has 1 heterocycles. The largest absolute Gasteiger partial charge is 0.490 e. The first-order valence-corrected chi connectivity index (χ1v) is 12.4. The summed E-state index contributed by atoms with van der Waals surface area (Å²) in [6.07, 6.45) is 2.36. The summed E-state index contributed by atoms with van der Waals surface area (Å²) in [6.45, 7) is 3.83. The fraction of sp³-hybridized carbons (Fsp3) is 0.273. The van der Waals surface area contributed by atoms with E-state index in [2.05, 4.69) is 20.7 Å². The molecule has 2 aromatic carbocycles. The second-order valence-corrected chi connectivity index (χ2v) is 10.1. The van der Waals surface area contributed by atoms with Crippen LogP contribution in [0, 0.1) is 11.3 Å². The molecule has 1 aliphatic carbocycles. The molecular formula is C22H20N4O3S2. The average Bonchev–Trinajstić information content (AvgIpc) is 3.34. The number of nitrogens with zero attached hydrogens (tertiary/aromatic N) is 4. The highest BCUT2D eigenvalue weighted by Crippen LogP contribution is 2.37. The second-order valence-electron chi connectivity index (χ2n) is 7.50. The van der Waals surface area contributed by atoms with Crippen molar-refractivity contribution in [3.63, 3.8) is 0 Å². The van der Waals surface area contributed by atoms with Crippen LogP contribution in [-0.4, -0.2) is 36.7 Å². The Kier molecular flexibility index (Phi) is 5.60. The molecule has 1 aliphatic rings. The molecule has 0 fully saturated rings. The molecule has 31 heavy (non-hydrogen) atoms. The van der Waals surface area contributed by atoms with E-state index in [4.69, 9.17) is 4.74 Å². The Morgan fingerprint density at radius 1 is 1.13 bits per heavy atom. The smallest absolute Gasteiger partial charge is 0.250 e. The predicted octanol–water partition coefficient (Wildman–Crippen LogP) is 4.23.